The van der Waals surface area contributed by atoms with Gasteiger partial charge in [-0.25, -0.2) is 0 Å². The lowest BCUT2D eigenvalue weighted by Crippen LogP contribution is -2.51. The molecule has 2 saturated heterocycles. The normalized spacial score (nSPS) is 21.7. The molecule has 2 aliphatic rings. The highest BCUT2D eigenvalue weighted by atomic mass is 35.5. The third-order valence-corrected chi connectivity index (χ3v) is 5.56. The van der Waals surface area contributed by atoms with E-state index in [-0.39, 0.29) is 40.2 Å². The Labute approximate surface area is 156 Å². The van der Waals surface area contributed by atoms with Gasteiger partial charge in [-0.3, -0.25) is 24.6 Å². The zero-order chi connectivity index (χ0) is 18.8. The lowest BCUT2D eigenvalue weighted by Gasteiger charge is -2.38. The quantitative estimate of drug-likeness (QED) is 0.632. The molecule has 0 radical (unpaired) electrons. The van der Waals surface area contributed by atoms with Gasteiger partial charge >= 0.3 is 0 Å². The molecule has 2 aliphatic heterocycles. The lowest BCUT2D eigenvalue weighted by atomic mass is 10.0. The second kappa shape index (κ2) is 7.59. The van der Waals surface area contributed by atoms with Crippen molar-refractivity contribution in [3.05, 3.63) is 38.9 Å². The Kier molecular flexibility index (Phi) is 5.43. The van der Waals surface area contributed by atoms with Crippen molar-refractivity contribution in [1.29, 1.82) is 0 Å². The van der Waals surface area contributed by atoms with Gasteiger partial charge in [0.1, 0.15) is 0 Å². The first-order valence-corrected chi connectivity index (χ1v) is 9.04. The molecule has 3 rings (SSSR count). The van der Waals surface area contributed by atoms with Crippen LogP contribution in [0.4, 0.5) is 5.69 Å². The van der Waals surface area contributed by atoms with Crippen molar-refractivity contribution in [2.75, 3.05) is 19.6 Å². The van der Waals surface area contributed by atoms with Crippen molar-refractivity contribution in [1.82, 2.24) is 9.80 Å². The van der Waals surface area contributed by atoms with E-state index in [0.717, 1.165) is 32.2 Å². The molecule has 0 aliphatic carbocycles. The van der Waals surface area contributed by atoms with Crippen LogP contribution >= 0.6 is 11.6 Å². The molecule has 8 nitrogen and oxygen atoms in total. The van der Waals surface area contributed by atoms with Gasteiger partial charge in [0.15, 0.2) is 0 Å². The summed E-state index contributed by atoms with van der Waals surface area (Å²) in [7, 11) is 0. The molecule has 140 valence electrons. The molecule has 9 heteroatoms. The molecule has 0 spiro atoms. The predicted molar refractivity (Wildman–Crippen MR) is 96.0 cm³/mol. The maximum atomic E-state index is 12.7. The number of piperidine rings is 1. The molecule has 26 heavy (non-hydrogen) atoms. The Morgan fingerprint density at radius 1 is 1.19 bits per heavy atom. The number of non-ortho nitro benzene ring substituents is 1. The number of hydrogen-bond acceptors (Lipinski definition) is 5. The van der Waals surface area contributed by atoms with Crippen molar-refractivity contribution < 1.29 is 14.5 Å². The molecule has 0 bridgehead atoms. The van der Waals surface area contributed by atoms with Crippen LogP contribution in [0.1, 0.15) is 36.0 Å². The Morgan fingerprint density at radius 2 is 1.88 bits per heavy atom. The number of amides is 2. The smallest absolute Gasteiger partial charge is 0.270 e. The first-order chi connectivity index (χ1) is 12.4. The standard InChI is InChI=1S/C17H21ClN4O4/c18-14-4-3-12(22(25)26)10-13(14)17(24)20-8-5-11(6-9-20)21-7-1-2-15(21)16(19)23/h3-4,10-11,15H,1-2,5-9H2,(H2,19,23). The topological polar surface area (TPSA) is 110 Å². The van der Waals surface area contributed by atoms with E-state index >= 15 is 0 Å². The third kappa shape index (κ3) is 3.66. The monoisotopic (exact) mass is 380 g/mol. The summed E-state index contributed by atoms with van der Waals surface area (Å²) < 4.78 is 0. The average molecular weight is 381 g/mol. The minimum atomic E-state index is -0.545. The van der Waals surface area contributed by atoms with Crippen LogP contribution in [0.15, 0.2) is 18.2 Å². The van der Waals surface area contributed by atoms with E-state index in [1.807, 2.05) is 0 Å². The molecular formula is C17H21ClN4O4. The van der Waals surface area contributed by atoms with Crippen molar-refractivity contribution in [3.8, 4) is 0 Å². The molecule has 2 heterocycles. The van der Waals surface area contributed by atoms with Gasteiger partial charge in [0.25, 0.3) is 11.6 Å². The van der Waals surface area contributed by atoms with Crippen LogP contribution in [-0.4, -0.2) is 58.3 Å². The van der Waals surface area contributed by atoms with Gasteiger partial charge in [-0.1, -0.05) is 11.6 Å². The van der Waals surface area contributed by atoms with Gasteiger partial charge < -0.3 is 10.6 Å². The first kappa shape index (κ1) is 18.6. The highest BCUT2D eigenvalue weighted by Crippen LogP contribution is 2.28. The summed E-state index contributed by atoms with van der Waals surface area (Å²) in [6.45, 7) is 1.89. The summed E-state index contributed by atoms with van der Waals surface area (Å²) in [5, 5.41) is 11.1. The molecular weight excluding hydrogens is 360 g/mol. The van der Waals surface area contributed by atoms with E-state index in [1.54, 1.807) is 4.90 Å². The summed E-state index contributed by atoms with van der Waals surface area (Å²) >= 11 is 6.07. The molecule has 0 aromatic heterocycles. The van der Waals surface area contributed by atoms with Crippen LogP contribution in [-0.2, 0) is 4.79 Å². The van der Waals surface area contributed by atoms with Crippen molar-refractivity contribution >= 4 is 29.1 Å². The molecule has 1 aromatic rings. The highest BCUT2D eigenvalue weighted by molar-refractivity contribution is 6.33. The summed E-state index contributed by atoms with van der Waals surface area (Å²) in [5.41, 5.74) is 5.48. The molecule has 2 amide bonds. The van der Waals surface area contributed by atoms with E-state index in [9.17, 15) is 19.7 Å². The van der Waals surface area contributed by atoms with Gasteiger partial charge in [0.2, 0.25) is 5.91 Å². The number of nitrogens with zero attached hydrogens (tertiary/aromatic N) is 3. The number of carbonyl (C=O) groups is 2. The largest absolute Gasteiger partial charge is 0.368 e. The molecule has 1 atom stereocenters. The first-order valence-electron chi connectivity index (χ1n) is 8.66. The predicted octanol–water partition coefficient (Wildman–Crippen LogP) is 1.80. The Morgan fingerprint density at radius 3 is 2.50 bits per heavy atom. The number of primary amides is 1. The number of nitro benzene ring substituents is 1. The van der Waals surface area contributed by atoms with Crippen LogP contribution < -0.4 is 5.73 Å². The van der Waals surface area contributed by atoms with Gasteiger partial charge in [0, 0.05) is 31.3 Å². The van der Waals surface area contributed by atoms with E-state index in [2.05, 4.69) is 4.90 Å². The molecule has 1 unspecified atom stereocenters. The second-order valence-corrected chi connectivity index (χ2v) is 7.15. The zero-order valence-corrected chi connectivity index (χ0v) is 15.0. The minimum Gasteiger partial charge on any atom is -0.368 e. The fourth-order valence-electron chi connectivity index (χ4n) is 3.89. The van der Waals surface area contributed by atoms with E-state index in [1.165, 1.54) is 18.2 Å². The van der Waals surface area contributed by atoms with E-state index in [4.69, 9.17) is 17.3 Å². The number of hydrogen-bond donors (Lipinski definition) is 1. The maximum Gasteiger partial charge on any atom is 0.270 e. The molecule has 2 fully saturated rings. The van der Waals surface area contributed by atoms with Crippen molar-refractivity contribution in [2.45, 2.75) is 37.8 Å². The van der Waals surface area contributed by atoms with Gasteiger partial charge in [-0.05, 0) is 38.3 Å². The zero-order valence-electron chi connectivity index (χ0n) is 14.3. The maximum absolute atomic E-state index is 12.7. The Hall–Kier alpha value is -2.19. The number of benzene rings is 1. The fraction of sp³-hybridized carbons (Fsp3) is 0.529. The minimum absolute atomic E-state index is 0.149. The van der Waals surface area contributed by atoms with Crippen LogP contribution in [0.25, 0.3) is 0 Å². The van der Waals surface area contributed by atoms with Crippen molar-refractivity contribution in [2.24, 2.45) is 5.73 Å². The number of rotatable bonds is 4. The van der Waals surface area contributed by atoms with Crippen LogP contribution in [0, 0.1) is 10.1 Å². The summed E-state index contributed by atoms with van der Waals surface area (Å²) in [5.74, 6) is -0.589. The number of nitrogens with two attached hydrogens (primary N) is 1. The average Bonchev–Trinajstić information content (AvgIpc) is 3.11. The van der Waals surface area contributed by atoms with Gasteiger partial charge in [0.05, 0.1) is 21.6 Å². The highest BCUT2D eigenvalue weighted by Gasteiger charge is 2.36. The number of likely N-dealkylation sites (tertiary alicyclic amines) is 2. The van der Waals surface area contributed by atoms with Crippen molar-refractivity contribution in [3.63, 3.8) is 0 Å². The third-order valence-electron chi connectivity index (χ3n) is 5.23. The van der Waals surface area contributed by atoms with Gasteiger partial charge in [-0.15, -0.1) is 0 Å². The van der Waals surface area contributed by atoms with E-state index < -0.39 is 4.92 Å². The SMILES string of the molecule is NC(=O)C1CCCN1C1CCN(C(=O)c2cc([N+](=O)[O-])ccc2Cl)CC1. The summed E-state index contributed by atoms with van der Waals surface area (Å²) in [6.07, 6.45) is 3.22. The number of nitro groups is 1. The van der Waals surface area contributed by atoms with Crippen LogP contribution in [0.5, 0.6) is 0 Å². The number of halogens is 1. The van der Waals surface area contributed by atoms with Crippen LogP contribution in [0.2, 0.25) is 5.02 Å². The Balaban J connectivity index is 1.67. The molecule has 1 aromatic carbocycles. The molecule has 2 N–H and O–H groups in total. The van der Waals surface area contributed by atoms with Gasteiger partial charge in [-0.2, -0.15) is 0 Å². The second-order valence-electron chi connectivity index (χ2n) is 6.74. The number of carbonyl (C=O) groups excluding carboxylic acids is 2. The summed E-state index contributed by atoms with van der Waals surface area (Å²) in [4.78, 5) is 38.5. The van der Waals surface area contributed by atoms with Crippen LogP contribution in [0.3, 0.4) is 0 Å². The molecule has 0 saturated carbocycles. The summed E-state index contributed by atoms with van der Waals surface area (Å²) in [6, 6.07) is 3.89. The lowest BCUT2D eigenvalue weighted by molar-refractivity contribution is -0.384. The fourth-order valence-corrected chi connectivity index (χ4v) is 4.09. The Bertz CT molecular complexity index is 733. The van der Waals surface area contributed by atoms with E-state index in [0.29, 0.717) is 13.1 Å².